The summed E-state index contributed by atoms with van der Waals surface area (Å²) in [5.74, 6) is 0.890. The number of aromatic nitrogens is 2. The van der Waals surface area contributed by atoms with Crippen LogP contribution in [0.1, 0.15) is 6.42 Å². The van der Waals surface area contributed by atoms with Crippen molar-refractivity contribution in [3.8, 4) is 0 Å². The molecule has 0 amide bonds. The Labute approximate surface area is 103 Å². The van der Waals surface area contributed by atoms with E-state index in [0.29, 0.717) is 25.5 Å². The summed E-state index contributed by atoms with van der Waals surface area (Å²) in [6, 6.07) is 3.55. The van der Waals surface area contributed by atoms with E-state index in [1.807, 2.05) is 0 Å². The van der Waals surface area contributed by atoms with Crippen LogP contribution in [0, 0.1) is 5.92 Å². The van der Waals surface area contributed by atoms with E-state index in [1.54, 1.807) is 18.3 Å². The molecular weight excluding hydrogens is 245 g/mol. The molecule has 1 N–H and O–H groups in total. The lowest BCUT2D eigenvalue weighted by Crippen LogP contribution is -2.33. The van der Waals surface area contributed by atoms with Crippen LogP contribution in [0.3, 0.4) is 0 Å². The van der Waals surface area contributed by atoms with Crippen molar-refractivity contribution in [2.45, 2.75) is 12.6 Å². The third kappa shape index (κ3) is 4.14. The molecule has 2 rings (SSSR count). The Morgan fingerprint density at radius 3 is 2.94 bits per heavy atom. The van der Waals surface area contributed by atoms with Crippen molar-refractivity contribution in [1.29, 1.82) is 0 Å². The van der Waals surface area contributed by atoms with Crippen LogP contribution in [0.15, 0.2) is 18.3 Å². The molecule has 1 aliphatic rings. The number of nitrogens with one attached hydrogen (secondary N) is 1. The van der Waals surface area contributed by atoms with Crippen molar-refractivity contribution < 1.29 is 13.2 Å². The van der Waals surface area contributed by atoms with Crippen LogP contribution < -0.4 is 5.32 Å². The quantitative estimate of drug-likeness (QED) is 0.895. The minimum absolute atomic E-state index is 0.231. The fraction of sp³-hybridized carbons (Fsp3) is 0.636. The maximum atomic E-state index is 12.2. The van der Waals surface area contributed by atoms with Gasteiger partial charge in [0.2, 0.25) is 0 Å². The molecule has 100 valence electrons. The highest BCUT2D eigenvalue weighted by Crippen LogP contribution is 2.22. The zero-order chi connectivity index (χ0) is 13.0. The summed E-state index contributed by atoms with van der Waals surface area (Å²) in [7, 11) is 0. The van der Waals surface area contributed by atoms with E-state index in [0.717, 1.165) is 6.42 Å². The Morgan fingerprint density at radius 2 is 2.28 bits per heavy atom. The number of hydrogen-bond acceptors (Lipinski definition) is 4. The van der Waals surface area contributed by atoms with Gasteiger partial charge in [-0.2, -0.15) is 18.3 Å². The van der Waals surface area contributed by atoms with E-state index < -0.39 is 12.7 Å². The summed E-state index contributed by atoms with van der Waals surface area (Å²) in [6.07, 6.45) is -1.75. The first-order valence-electron chi connectivity index (χ1n) is 5.83. The summed E-state index contributed by atoms with van der Waals surface area (Å²) >= 11 is 0. The van der Waals surface area contributed by atoms with Gasteiger partial charge in [0.05, 0.1) is 6.54 Å². The molecule has 1 aromatic rings. The maximum absolute atomic E-state index is 12.2. The summed E-state index contributed by atoms with van der Waals surface area (Å²) in [5, 5.41) is 10.7. The molecule has 0 bridgehead atoms. The molecule has 1 aliphatic heterocycles. The number of hydrogen-bond donors (Lipinski definition) is 1. The number of rotatable bonds is 4. The second-order valence-electron chi connectivity index (χ2n) is 4.49. The van der Waals surface area contributed by atoms with Crippen molar-refractivity contribution in [2.75, 3.05) is 31.5 Å². The van der Waals surface area contributed by atoms with Crippen molar-refractivity contribution in [3.05, 3.63) is 18.3 Å². The predicted octanol–water partition coefficient (Wildman–Crippen LogP) is 1.77. The van der Waals surface area contributed by atoms with Crippen molar-refractivity contribution >= 4 is 5.82 Å². The minimum Gasteiger partial charge on any atom is -0.368 e. The van der Waals surface area contributed by atoms with Gasteiger partial charge in [0.1, 0.15) is 5.82 Å². The number of anilines is 1. The predicted molar refractivity (Wildman–Crippen MR) is 61.1 cm³/mol. The summed E-state index contributed by atoms with van der Waals surface area (Å²) in [5.41, 5.74) is 0. The number of likely N-dealkylation sites (tertiary alicyclic amines) is 1. The zero-order valence-electron chi connectivity index (χ0n) is 9.82. The largest absolute Gasteiger partial charge is 0.401 e. The van der Waals surface area contributed by atoms with Gasteiger partial charge in [-0.25, -0.2) is 0 Å². The van der Waals surface area contributed by atoms with Crippen molar-refractivity contribution in [3.63, 3.8) is 0 Å². The Hall–Kier alpha value is -1.37. The lowest BCUT2D eigenvalue weighted by Gasteiger charge is -2.18. The van der Waals surface area contributed by atoms with Crippen LogP contribution in [-0.4, -0.2) is 47.5 Å². The summed E-state index contributed by atoms with van der Waals surface area (Å²) in [6.45, 7) is 0.806. The monoisotopic (exact) mass is 260 g/mol. The van der Waals surface area contributed by atoms with Gasteiger partial charge in [0, 0.05) is 19.3 Å². The second-order valence-corrected chi connectivity index (χ2v) is 4.49. The molecule has 0 radical (unpaired) electrons. The first-order valence-corrected chi connectivity index (χ1v) is 5.83. The van der Waals surface area contributed by atoms with Gasteiger partial charge in [-0.15, -0.1) is 5.10 Å². The third-order valence-corrected chi connectivity index (χ3v) is 2.92. The second kappa shape index (κ2) is 5.51. The smallest absolute Gasteiger partial charge is 0.368 e. The van der Waals surface area contributed by atoms with Gasteiger partial charge in [-0.05, 0) is 31.0 Å². The third-order valence-electron chi connectivity index (χ3n) is 2.92. The van der Waals surface area contributed by atoms with Gasteiger partial charge in [0.15, 0.2) is 0 Å². The fourth-order valence-corrected chi connectivity index (χ4v) is 2.12. The first kappa shape index (κ1) is 13.1. The summed E-state index contributed by atoms with van der Waals surface area (Å²) < 4.78 is 36.6. The van der Waals surface area contributed by atoms with Crippen LogP contribution in [-0.2, 0) is 0 Å². The van der Waals surface area contributed by atoms with E-state index >= 15 is 0 Å². The Kier molecular flexibility index (Phi) is 4.00. The van der Waals surface area contributed by atoms with E-state index in [4.69, 9.17) is 0 Å². The molecule has 4 nitrogen and oxygen atoms in total. The molecule has 1 aromatic heterocycles. The average Bonchev–Trinajstić information content (AvgIpc) is 2.73. The lowest BCUT2D eigenvalue weighted by molar-refractivity contribution is -0.143. The SMILES string of the molecule is FC(F)(F)CN1CCC(CNc2cccnn2)C1. The number of nitrogens with zero attached hydrogens (tertiary/aromatic N) is 3. The van der Waals surface area contributed by atoms with E-state index in [1.165, 1.54) is 4.90 Å². The molecule has 1 unspecified atom stereocenters. The number of alkyl halides is 3. The normalized spacial score (nSPS) is 21.2. The molecule has 0 saturated carbocycles. The van der Waals surface area contributed by atoms with Gasteiger partial charge in [-0.1, -0.05) is 0 Å². The Balaban J connectivity index is 1.73. The summed E-state index contributed by atoms with van der Waals surface area (Å²) in [4.78, 5) is 1.45. The minimum atomic E-state index is -4.10. The lowest BCUT2D eigenvalue weighted by atomic mass is 10.1. The molecule has 18 heavy (non-hydrogen) atoms. The molecule has 7 heteroatoms. The average molecular weight is 260 g/mol. The molecule has 1 atom stereocenters. The van der Waals surface area contributed by atoms with Crippen LogP contribution >= 0.6 is 0 Å². The molecule has 1 fully saturated rings. The molecule has 2 heterocycles. The van der Waals surface area contributed by atoms with Crippen molar-refractivity contribution in [1.82, 2.24) is 15.1 Å². The maximum Gasteiger partial charge on any atom is 0.401 e. The van der Waals surface area contributed by atoms with Crippen LogP contribution in [0.5, 0.6) is 0 Å². The van der Waals surface area contributed by atoms with Gasteiger partial charge < -0.3 is 5.32 Å². The molecule has 1 saturated heterocycles. The molecule has 0 spiro atoms. The molecular formula is C11H15F3N4. The van der Waals surface area contributed by atoms with Crippen LogP contribution in [0.25, 0.3) is 0 Å². The van der Waals surface area contributed by atoms with E-state index in [9.17, 15) is 13.2 Å². The zero-order valence-corrected chi connectivity index (χ0v) is 9.82. The standard InChI is InChI=1S/C11H15F3N4/c12-11(13,14)8-18-5-3-9(7-18)6-15-10-2-1-4-16-17-10/h1-2,4,9H,3,5-8H2,(H,15,17). The van der Waals surface area contributed by atoms with Gasteiger partial charge in [-0.3, -0.25) is 4.90 Å². The van der Waals surface area contributed by atoms with E-state index in [2.05, 4.69) is 15.5 Å². The van der Waals surface area contributed by atoms with Gasteiger partial charge in [0.25, 0.3) is 0 Å². The van der Waals surface area contributed by atoms with Crippen LogP contribution in [0.4, 0.5) is 19.0 Å². The highest BCUT2D eigenvalue weighted by Gasteiger charge is 2.34. The topological polar surface area (TPSA) is 41.0 Å². The highest BCUT2D eigenvalue weighted by atomic mass is 19.4. The molecule has 0 aromatic carbocycles. The Bertz CT molecular complexity index is 368. The van der Waals surface area contributed by atoms with Gasteiger partial charge >= 0.3 is 6.18 Å². The fourth-order valence-electron chi connectivity index (χ4n) is 2.12. The van der Waals surface area contributed by atoms with Crippen molar-refractivity contribution in [2.24, 2.45) is 5.92 Å². The Morgan fingerprint density at radius 1 is 1.44 bits per heavy atom. The van der Waals surface area contributed by atoms with Crippen LogP contribution in [0.2, 0.25) is 0 Å². The first-order chi connectivity index (χ1) is 8.53. The molecule has 0 aliphatic carbocycles. The highest BCUT2D eigenvalue weighted by molar-refractivity contribution is 5.31. The van der Waals surface area contributed by atoms with E-state index in [-0.39, 0.29) is 5.92 Å². The number of halogens is 3.